The number of aromatic nitrogens is 2. The van der Waals surface area contributed by atoms with E-state index in [0.717, 1.165) is 11.1 Å². The number of carbonyl (C=O) groups is 2. The largest absolute Gasteiger partial charge is 0.431 e. The Hall–Kier alpha value is -4.22. The summed E-state index contributed by atoms with van der Waals surface area (Å²) in [4.78, 5) is 31.7. The van der Waals surface area contributed by atoms with Crippen molar-refractivity contribution in [2.75, 3.05) is 14.1 Å². The van der Waals surface area contributed by atoms with Gasteiger partial charge in [-0.1, -0.05) is 94.2 Å². The molecule has 10 nitrogen and oxygen atoms in total. The number of hydrogen-bond acceptors (Lipinski definition) is 10. The molecule has 246 valence electrons. The summed E-state index contributed by atoms with van der Waals surface area (Å²) >= 11 is 13.8. The SMILES string of the molecule is CN1C2CCC1(OC(=O)C(=O)OC13CCC(CC(Cl)=C1c1cc(-c4ccccc4)on1)N3C)C(c1cc(-c3ccccc3)on1)=C(Cl)C2. The van der Waals surface area contributed by atoms with Crippen molar-refractivity contribution < 1.29 is 28.1 Å². The van der Waals surface area contributed by atoms with Gasteiger partial charge >= 0.3 is 11.9 Å². The minimum atomic E-state index is -1.34. The van der Waals surface area contributed by atoms with Crippen molar-refractivity contribution in [3.05, 3.63) is 94.2 Å². The summed E-state index contributed by atoms with van der Waals surface area (Å²) < 4.78 is 23.8. The Labute approximate surface area is 286 Å². The van der Waals surface area contributed by atoms with Crippen LogP contribution in [0.4, 0.5) is 0 Å². The van der Waals surface area contributed by atoms with Crippen molar-refractivity contribution in [2.45, 2.75) is 62.1 Å². The number of benzene rings is 2. The Morgan fingerprint density at radius 3 is 1.50 bits per heavy atom. The number of halogens is 2. The number of esters is 2. The standard InChI is InChI=1S/C36H32Cl2N4O6/c1-41-23-13-15-35(41,31(25(37)17-23)27-19-29(47-39-27)21-9-5-3-6-10-21)45-33(43)34(44)46-36-16-14-24(42(36)2)18-26(38)32(36)28-20-30(48-40-28)22-11-7-4-8-12-22/h3-12,19-20,23-24H,13-18H2,1-2H3. The first-order valence-electron chi connectivity index (χ1n) is 16.0. The lowest BCUT2D eigenvalue weighted by Gasteiger charge is -2.44. The first kappa shape index (κ1) is 31.1. The average molecular weight is 688 g/mol. The van der Waals surface area contributed by atoms with Crippen LogP contribution in [0.25, 0.3) is 33.8 Å². The average Bonchev–Trinajstić information content (AvgIpc) is 3.86. The minimum absolute atomic E-state index is 0.0172. The van der Waals surface area contributed by atoms with Crippen LogP contribution in [0.3, 0.4) is 0 Å². The number of nitrogens with zero attached hydrogens (tertiary/aromatic N) is 4. The number of likely N-dealkylation sites (N-methyl/N-ethyl adjacent to an activating group) is 2. The summed E-state index contributed by atoms with van der Waals surface area (Å²) in [5, 5.41) is 9.67. The Morgan fingerprint density at radius 2 is 1.10 bits per heavy atom. The highest BCUT2D eigenvalue weighted by Crippen LogP contribution is 2.54. The van der Waals surface area contributed by atoms with Gasteiger partial charge in [-0.25, -0.2) is 9.59 Å². The van der Waals surface area contributed by atoms with E-state index in [1.165, 1.54) is 0 Å². The molecule has 48 heavy (non-hydrogen) atoms. The highest BCUT2D eigenvalue weighted by molar-refractivity contribution is 6.34. The summed E-state index contributed by atoms with van der Waals surface area (Å²) in [7, 11) is 3.73. The number of ether oxygens (including phenoxy) is 2. The predicted molar refractivity (Wildman–Crippen MR) is 178 cm³/mol. The molecule has 4 aromatic rings. The lowest BCUT2D eigenvalue weighted by molar-refractivity contribution is -0.193. The fourth-order valence-corrected chi connectivity index (χ4v) is 8.70. The van der Waals surface area contributed by atoms with Crippen molar-refractivity contribution in [3.63, 3.8) is 0 Å². The summed E-state index contributed by atoms with van der Waals surface area (Å²) in [6.45, 7) is 0. The molecule has 0 N–H and O–H groups in total. The molecular weight excluding hydrogens is 655 g/mol. The van der Waals surface area contributed by atoms with Crippen molar-refractivity contribution >= 4 is 46.3 Å². The normalized spacial score (nSPS) is 27.1. The first-order chi connectivity index (χ1) is 23.2. The molecule has 4 bridgehead atoms. The Balaban J connectivity index is 1.10. The van der Waals surface area contributed by atoms with E-state index in [4.69, 9.17) is 41.7 Å². The molecule has 4 aliphatic heterocycles. The van der Waals surface area contributed by atoms with E-state index >= 15 is 0 Å². The molecule has 0 amide bonds. The van der Waals surface area contributed by atoms with Gasteiger partial charge in [-0.3, -0.25) is 9.80 Å². The van der Waals surface area contributed by atoms with E-state index in [9.17, 15) is 9.59 Å². The third-order valence-corrected chi connectivity index (χ3v) is 11.0. The molecule has 2 aromatic carbocycles. The maximum absolute atomic E-state index is 13.9. The molecule has 0 spiro atoms. The fourth-order valence-electron chi connectivity index (χ4n) is 7.86. The van der Waals surface area contributed by atoms with Crippen molar-refractivity contribution in [1.29, 1.82) is 0 Å². The van der Waals surface area contributed by atoms with Crippen molar-refractivity contribution in [3.8, 4) is 22.6 Å². The smallest absolute Gasteiger partial charge is 0.419 e. The van der Waals surface area contributed by atoms with E-state index < -0.39 is 23.4 Å². The minimum Gasteiger partial charge on any atom is -0.431 e. The van der Waals surface area contributed by atoms with Gasteiger partial charge in [0, 0.05) is 58.2 Å². The van der Waals surface area contributed by atoms with Crippen molar-refractivity contribution in [2.24, 2.45) is 0 Å². The monoisotopic (exact) mass is 686 g/mol. The zero-order valence-electron chi connectivity index (χ0n) is 26.3. The van der Waals surface area contributed by atoms with Gasteiger partial charge in [0.1, 0.15) is 11.4 Å². The number of fused-ring (bicyclic) bond motifs is 4. The maximum atomic E-state index is 13.9. The topological polar surface area (TPSA) is 111 Å². The van der Waals surface area contributed by atoms with E-state index in [0.29, 0.717) is 82.6 Å². The second kappa shape index (κ2) is 11.7. The highest BCUT2D eigenvalue weighted by Gasteiger charge is 2.59. The van der Waals surface area contributed by atoms with Crippen LogP contribution in [0.2, 0.25) is 0 Å². The third kappa shape index (κ3) is 4.84. The molecule has 4 atom stereocenters. The molecule has 0 aliphatic carbocycles. The molecular formula is C36H32Cl2N4O6. The molecule has 8 rings (SSSR count). The van der Waals surface area contributed by atoms with Gasteiger partial charge in [-0.15, -0.1) is 0 Å². The first-order valence-corrected chi connectivity index (χ1v) is 16.7. The van der Waals surface area contributed by atoms with Crippen LogP contribution < -0.4 is 0 Å². The zero-order chi connectivity index (χ0) is 33.2. The van der Waals surface area contributed by atoms with Gasteiger partial charge in [0.05, 0.1) is 11.1 Å². The van der Waals surface area contributed by atoms with E-state index in [1.54, 1.807) is 12.1 Å². The molecule has 0 radical (unpaired) electrons. The molecule has 2 aromatic heterocycles. The number of carbonyl (C=O) groups excluding carboxylic acids is 2. The number of hydrogen-bond donors (Lipinski definition) is 0. The number of rotatable bonds is 6. The van der Waals surface area contributed by atoms with Gasteiger partial charge in [-0.05, 0) is 39.8 Å². The predicted octanol–water partition coefficient (Wildman–Crippen LogP) is 7.07. The molecule has 2 fully saturated rings. The zero-order valence-corrected chi connectivity index (χ0v) is 27.8. The molecule has 4 unspecified atom stereocenters. The lowest BCUT2D eigenvalue weighted by atomic mass is 9.93. The quantitative estimate of drug-likeness (QED) is 0.154. The highest BCUT2D eigenvalue weighted by atomic mass is 35.5. The third-order valence-electron chi connectivity index (χ3n) is 10.4. The van der Waals surface area contributed by atoms with Gasteiger partial charge in [-0.2, -0.15) is 0 Å². The van der Waals surface area contributed by atoms with Crippen LogP contribution in [0, 0.1) is 0 Å². The van der Waals surface area contributed by atoms with Crippen LogP contribution in [-0.2, 0) is 19.1 Å². The van der Waals surface area contributed by atoms with Crippen LogP contribution in [0.15, 0.2) is 91.9 Å². The van der Waals surface area contributed by atoms with Crippen LogP contribution in [-0.4, -0.2) is 69.7 Å². The van der Waals surface area contributed by atoms with Gasteiger partial charge in [0.2, 0.25) is 0 Å². The van der Waals surface area contributed by atoms with E-state index in [1.807, 2.05) is 84.6 Å². The Morgan fingerprint density at radius 1 is 0.708 bits per heavy atom. The molecule has 6 heterocycles. The maximum Gasteiger partial charge on any atom is 0.419 e. The summed E-state index contributed by atoms with van der Waals surface area (Å²) in [6, 6.07) is 22.7. The lowest BCUT2D eigenvalue weighted by Crippen LogP contribution is -2.55. The Bertz CT molecular complexity index is 1830. The van der Waals surface area contributed by atoms with Crippen LogP contribution >= 0.6 is 23.2 Å². The molecule has 2 saturated heterocycles. The summed E-state index contributed by atoms with van der Waals surface area (Å²) in [5.41, 5.74) is 0.869. The Kier molecular flexibility index (Phi) is 7.59. The van der Waals surface area contributed by atoms with Crippen LogP contribution in [0.1, 0.15) is 49.9 Å². The van der Waals surface area contributed by atoms with E-state index in [-0.39, 0.29) is 12.1 Å². The summed E-state index contributed by atoms with van der Waals surface area (Å²) in [5.74, 6) is -1.20. The second-order valence-electron chi connectivity index (χ2n) is 12.8. The van der Waals surface area contributed by atoms with Gasteiger partial charge in [0.15, 0.2) is 23.0 Å². The molecule has 0 saturated carbocycles. The van der Waals surface area contributed by atoms with Gasteiger partial charge in [0.25, 0.3) is 0 Å². The van der Waals surface area contributed by atoms with E-state index in [2.05, 4.69) is 10.3 Å². The van der Waals surface area contributed by atoms with Crippen molar-refractivity contribution in [1.82, 2.24) is 20.1 Å². The molecule has 4 aliphatic rings. The fraction of sp³-hybridized carbons (Fsp3) is 0.333. The second-order valence-corrected chi connectivity index (χ2v) is 13.7. The van der Waals surface area contributed by atoms with Gasteiger partial charge < -0.3 is 18.5 Å². The van der Waals surface area contributed by atoms with Crippen LogP contribution in [0.5, 0.6) is 0 Å². The summed E-state index contributed by atoms with van der Waals surface area (Å²) in [6.07, 6.45) is 3.34. The molecule has 12 heteroatoms.